The molecular formula is C21H25NO5S. The molecule has 2 rings (SSSR count). The predicted octanol–water partition coefficient (Wildman–Crippen LogP) is 3.63. The second kappa shape index (κ2) is 10.6. The topological polar surface area (TPSA) is 65.1 Å². The maximum absolute atomic E-state index is 12.3. The van der Waals surface area contributed by atoms with Crippen molar-refractivity contribution in [2.45, 2.75) is 18.4 Å². The van der Waals surface area contributed by atoms with Crippen molar-refractivity contribution in [3.05, 3.63) is 53.6 Å². The molecule has 0 saturated heterocycles. The van der Waals surface area contributed by atoms with Crippen LogP contribution >= 0.6 is 11.8 Å². The van der Waals surface area contributed by atoms with Gasteiger partial charge in [0.05, 0.1) is 13.7 Å². The van der Waals surface area contributed by atoms with Crippen LogP contribution in [0.3, 0.4) is 0 Å². The average molecular weight is 404 g/mol. The zero-order chi connectivity index (χ0) is 20.5. The molecule has 0 aliphatic heterocycles. The Morgan fingerprint density at radius 1 is 1.11 bits per heavy atom. The van der Waals surface area contributed by atoms with Crippen molar-refractivity contribution in [3.63, 3.8) is 0 Å². The van der Waals surface area contributed by atoms with E-state index in [4.69, 9.17) is 14.2 Å². The van der Waals surface area contributed by atoms with Crippen LogP contribution in [0.1, 0.15) is 22.8 Å². The molecule has 0 aliphatic rings. The summed E-state index contributed by atoms with van der Waals surface area (Å²) >= 11 is 1.54. The van der Waals surface area contributed by atoms with Gasteiger partial charge in [0.2, 0.25) is 0 Å². The normalized spacial score (nSPS) is 10.3. The number of amides is 1. The van der Waals surface area contributed by atoms with Crippen LogP contribution in [0, 0.1) is 0 Å². The second-order valence-corrected chi connectivity index (χ2v) is 6.85. The third kappa shape index (κ3) is 5.92. The first-order valence-corrected chi connectivity index (χ1v) is 10.1. The molecule has 0 fully saturated rings. The van der Waals surface area contributed by atoms with E-state index in [0.29, 0.717) is 24.5 Å². The van der Waals surface area contributed by atoms with E-state index < -0.39 is 5.97 Å². The maximum atomic E-state index is 12.3. The molecule has 0 N–H and O–H groups in total. The molecule has 0 aromatic heterocycles. The van der Waals surface area contributed by atoms with Crippen molar-refractivity contribution in [1.29, 1.82) is 0 Å². The number of likely N-dealkylation sites (N-methyl/N-ethyl adjacent to an activating group) is 1. The molecule has 0 spiro atoms. The molecule has 7 heteroatoms. The highest BCUT2D eigenvalue weighted by Crippen LogP contribution is 2.26. The number of ether oxygens (including phenoxy) is 3. The monoisotopic (exact) mass is 403 g/mol. The van der Waals surface area contributed by atoms with Crippen molar-refractivity contribution in [2.24, 2.45) is 0 Å². The van der Waals surface area contributed by atoms with Gasteiger partial charge in [-0.1, -0.05) is 12.1 Å². The van der Waals surface area contributed by atoms with E-state index in [2.05, 4.69) is 0 Å². The van der Waals surface area contributed by atoms with E-state index in [1.165, 1.54) is 12.0 Å². The molecule has 0 unspecified atom stereocenters. The first-order valence-electron chi connectivity index (χ1n) is 8.83. The van der Waals surface area contributed by atoms with Crippen LogP contribution < -0.4 is 9.47 Å². The first kappa shape index (κ1) is 21.6. The van der Waals surface area contributed by atoms with Gasteiger partial charge < -0.3 is 19.1 Å². The highest BCUT2D eigenvalue weighted by molar-refractivity contribution is 7.98. The van der Waals surface area contributed by atoms with E-state index in [9.17, 15) is 9.59 Å². The molecule has 0 radical (unpaired) electrons. The largest absolute Gasteiger partial charge is 0.496 e. The van der Waals surface area contributed by atoms with E-state index >= 15 is 0 Å². The van der Waals surface area contributed by atoms with Crippen molar-refractivity contribution in [1.82, 2.24) is 4.90 Å². The van der Waals surface area contributed by atoms with Crippen molar-refractivity contribution < 1.29 is 23.8 Å². The van der Waals surface area contributed by atoms with Crippen LogP contribution in [0.25, 0.3) is 0 Å². The Labute approximate surface area is 169 Å². The zero-order valence-corrected chi connectivity index (χ0v) is 17.4. The Bertz CT molecular complexity index is 807. The molecule has 0 saturated carbocycles. The lowest BCUT2D eigenvalue weighted by Crippen LogP contribution is -2.30. The van der Waals surface area contributed by atoms with Crippen LogP contribution in [-0.2, 0) is 16.1 Å². The SMILES string of the molecule is CCOc1ccc(CN(C)C(=O)COC(=O)c2ccc(SC)cc2OC)cc1. The second-order valence-electron chi connectivity index (χ2n) is 5.97. The molecule has 0 heterocycles. The Hall–Kier alpha value is -2.67. The molecule has 0 bridgehead atoms. The summed E-state index contributed by atoms with van der Waals surface area (Å²) in [6.07, 6.45) is 1.94. The van der Waals surface area contributed by atoms with E-state index in [1.54, 1.807) is 30.9 Å². The summed E-state index contributed by atoms with van der Waals surface area (Å²) in [6.45, 7) is 2.61. The zero-order valence-electron chi connectivity index (χ0n) is 16.6. The van der Waals surface area contributed by atoms with Gasteiger partial charge in [0.25, 0.3) is 5.91 Å². The summed E-state index contributed by atoms with van der Waals surface area (Å²) in [7, 11) is 3.16. The quantitative estimate of drug-likeness (QED) is 0.471. The van der Waals surface area contributed by atoms with Crippen LogP contribution in [0.15, 0.2) is 47.4 Å². The Kier molecular flexibility index (Phi) is 8.19. The third-order valence-electron chi connectivity index (χ3n) is 4.04. The van der Waals surface area contributed by atoms with Gasteiger partial charge in [-0.25, -0.2) is 4.79 Å². The van der Waals surface area contributed by atoms with Crippen LogP contribution in [0.2, 0.25) is 0 Å². The number of methoxy groups -OCH3 is 1. The fourth-order valence-electron chi connectivity index (χ4n) is 2.50. The summed E-state index contributed by atoms with van der Waals surface area (Å²) in [5, 5.41) is 0. The van der Waals surface area contributed by atoms with Gasteiger partial charge in [0.1, 0.15) is 17.1 Å². The van der Waals surface area contributed by atoms with Gasteiger partial charge in [-0.2, -0.15) is 0 Å². The lowest BCUT2D eigenvalue weighted by atomic mass is 10.2. The molecule has 0 aliphatic carbocycles. The predicted molar refractivity (Wildman–Crippen MR) is 109 cm³/mol. The number of thioether (sulfide) groups is 1. The minimum absolute atomic E-state index is 0.290. The average Bonchev–Trinajstić information content (AvgIpc) is 2.72. The van der Waals surface area contributed by atoms with Gasteiger partial charge in [-0.05, 0) is 49.1 Å². The van der Waals surface area contributed by atoms with Crippen LogP contribution in [0.5, 0.6) is 11.5 Å². The van der Waals surface area contributed by atoms with E-state index in [-0.39, 0.29) is 12.5 Å². The van der Waals surface area contributed by atoms with Gasteiger partial charge in [0.15, 0.2) is 6.61 Å². The summed E-state index contributed by atoms with van der Waals surface area (Å²) in [4.78, 5) is 27.1. The lowest BCUT2D eigenvalue weighted by Gasteiger charge is -2.18. The molecule has 0 atom stereocenters. The molecule has 1 amide bonds. The molecule has 2 aromatic rings. The van der Waals surface area contributed by atoms with Crippen LogP contribution in [-0.4, -0.2) is 50.4 Å². The maximum Gasteiger partial charge on any atom is 0.342 e. The number of esters is 1. The fraction of sp³-hybridized carbons (Fsp3) is 0.333. The highest BCUT2D eigenvalue weighted by atomic mass is 32.2. The van der Waals surface area contributed by atoms with Gasteiger partial charge in [0, 0.05) is 18.5 Å². The fourth-order valence-corrected chi connectivity index (χ4v) is 2.93. The Morgan fingerprint density at radius 3 is 2.43 bits per heavy atom. The van der Waals surface area contributed by atoms with Gasteiger partial charge in [-0.15, -0.1) is 11.8 Å². The lowest BCUT2D eigenvalue weighted by molar-refractivity contribution is -0.133. The number of carbonyl (C=O) groups is 2. The number of hydrogen-bond donors (Lipinski definition) is 0. The van der Waals surface area contributed by atoms with Crippen molar-refractivity contribution in [2.75, 3.05) is 33.6 Å². The molecular weight excluding hydrogens is 378 g/mol. The van der Waals surface area contributed by atoms with Crippen molar-refractivity contribution >= 4 is 23.6 Å². The summed E-state index contributed by atoms with van der Waals surface area (Å²) in [5.41, 5.74) is 1.25. The number of benzene rings is 2. The molecule has 6 nitrogen and oxygen atoms in total. The van der Waals surface area contributed by atoms with Crippen molar-refractivity contribution in [3.8, 4) is 11.5 Å². The first-order chi connectivity index (χ1) is 13.5. The summed E-state index contributed by atoms with van der Waals surface area (Å²) < 4.78 is 15.8. The Morgan fingerprint density at radius 2 is 1.82 bits per heavy atom. The number of carbonyl (C=O) groups excluding carboxylic acids is 2. The van der Waals surface area contributed by atoms with E-state index in [0.717, 1.165) is 16.2 Å². The van der Waals surface area contributed by atoms with Gasteiger partial charge in [-0.3, -0.25) is 4.79 Å². The highest BCUT2D eigenvalue weighted by Gasteiger charge is 2.17. The van der Waals surface area contributed by atoms with E-state index in [1.807, 2.05) is 43.5 Å². The number of nitrogens with zero attached hydrogens (tertiary/aromatic N) is 1. The van der Waals surface area contributed by atoms with Gasteiger partial charge >= 0.3 is 5.97 Å². The molecule has 150 valence electrons. The number of hydrogen-bond acceptors (Lipinski definition) is 6. The third-order valence-corrected chi connectivity index (χ3v) is 4.76. The Balaban J connectivity index is 1.91. The standard InChI is InChI=1S/C21H25NO5S/c1-5-26-16-8-6-15(7-9-16)13-22(2)20(23)14-27-21(24)18-11-10-17(28-4)12-19(18)25-3/h6-12H,5,13-14H2,1-4H3. The summed E-state index contributed by atoms with van der Waals surface area (Å²) in [5.74, 6) is 0.330. The summed E-state index contributed by atoms with van der Waals surface area (Å²) in [6, 6.07) is 12.7. The minimum atomic E-state index is -0.590. The number of rotatable bonds is 9. The smallest absolute Gasteiger partial charge is 0.342 e. The molecule has 2 aromatic carbocycles. The minimum Gasteiger partial charge on any atom is -0.496 e. The van der Waals surface area contributed by atoms with Crippen LogP contribution in [0.4, 0.5) is 0 Å². The molecule has 28 heavy (non-hydrogen) atoms.